The minimum absolute atomic E-state index is 0.104. The van der Waals surface area contributed by atoms with E-state index >= 15 is 0 Å². The van der Waals surface area contributed by atoms with Gasteiger partial charge in [-0.25, -0.2) is 9.13 Å². The van der Waals surface area contributed by atoms with Gasteiger partial charge in [0.1, 0.15) is 19.3 Å². The van der Waals surface area contributed by atoms with E-state index in [1.807, 2.05) is 0 Å². The van der Waals surface area contributed by atoms with E-state index in [4.69, 9.17) is 37.0 Å². The summed E-state index contributed by atoms with van der Waals surface area (Å²) in [4.78, 5) is 72.5. The summed E-state index contributed by atoms with van der Waals surface area (Å²) in [6.45, 7) is 11.9. The zero-order valence-corrected chi connectivity index (χ0v) is 64.6. The van der Waals surface area contributed by atoms with Gasteiger partial charge in [-0.1, -0.05) is 344 Å². The van der Waals surface area contributed by atoms with Gasteiger partial charge in [-0.2, -0.15) is 0 Å². The lowest BCUT2D eigenvalue weighted by Gasteiger charge is -2.21. The van der Waals surface area contributed by atoms with E-state index in [9.17, 15) is 43.2 Å². The predicted octanol–water partition coefficient (Wildman–Crippen LogP) is 22.6. The van der Waals surface area contributed by atoms with Crippen molar-refractivity contribution in [1.29, 1.82) is 0 Å². The lowest BCUT2D eigenvalue weighted by Crippen LogP contribution is -2.30. The molecule has 0 aliphatic rings. The molecular weight excluding hydrogens is 1260 g/mol. The van der Waals surface area contributed by atoms with Crippen LogP contribution in [-0.4, -0.2) is 96.7 Å². The number of aliphatic hydroxyl groups excluding tert-OH is 1. The Morgan fingerprint density at radius 3 is 0.792 bits per heavy atom. The first-order valence-corrected chi connectivity index (χ1v) is 42.9. The van der Waals surface area contributed by atoms with Gasteiger partial charge >= 0.3 is 39.5 Å². The Morgan fingerprint density at radius 1 is 0.302 bits per heavy atom. The average Bonchev–Trinajstić information content (AvgIpc) is 1.19. The molecule has 0 aliphatic carbocycles. The normalized spacial score (nSPS) is 14.6. The molecule has 0 amide bonds. The maximum atomic E-state index is 13.1. The number of hydrogen-bond donors (Lipinski definition) is 3. The highest BCUT2D eigenvalue weighted by Gasteiger charge is 2.30. The molecular formula is C77H150O17P2. The zero-order valence-electron chi connectivity index (χ0n) is 62.8. The summed E-state index contributed by atoms with van der Waals surface area (Å²) < 4.78 is 68.3. The number of carbonyl (C=O) groups is 4. The van der Waals surface area contributed by atoms with Crippen molar-refractivity contribution in [2.75, 3.05) is 39.6 Å². The Kier molecular flexibility index (Phi) is 66.2. The quantitative estimate of drug-likeness (QED) is 0.0222. The molecule has 0 aromatic heterocycles. The molecule has 0 saturated carbocycles. The van der Waals surface area contributed by atoms with E-state index in [1.165, 1.54) is 199 Å². The van der Waals surface area contributed by atoms with E-state index in [2.05, 4.69) is 48.5 Å². The largest absolute Gasteiger partial charge is 0.472 e. The molecule has 0 aromatic rings. The minimum atomic E-state index is -4.96. The van der Waals surface area contributed by atoms with E-state index in [-0.39, 0.29) is 25.7 Å². The molecule has 0 aliphatic heterocycles. The van der Waals surface area contributed by atoms with Gasteiger partial charge in [0.2, 0.25) is 0 Å². The predicted molar refractivity (Wildman–Crippen MR) is 391 cm³/mol. The fraction of sp³-hybridized carbons (Fsp3) is 0.948. The molecule has 17 nitrogen and oxygen atoms in total. The smallest absolute Gasteiger partial charge is 0.462 e. The number of phosphoric ester groups is 2. The third-order valence-electron chi connectivity index (χ3n) is 18.6. The minimum Gasteiger partial charge on any atom is -0.462 e. The second kappa shape index (κ2) is 67.5. The lowest BCUT2D eigenvalue weighted by atomic mass is 9.99. The maximum absolute atomic E-state index is 13.1. The third-order valence-corrected chi connectivity index (χ3v) is 20.5. The number of unbranched alkanes of at least 4 members (excludes halogenated alkanes) is 41. The fourth-order valence-electron chi connectivity index (χ4n) is 11.7. The zero-order chi connectivity index (χ0) is 70.9. The summed E-state index contributed by atoms with van der Waals surface area (Å²) in [6, 6.07) is 0. The van der Waals surface area contributed by atoms with Crippen molar-refractivity contribution in [1.82, 2.24) is 0 Å². The monoisotopic (exact) mass is 1410 g/mol. The average molecular weight is 1410 g/mol. The molecule has 0 rings (SSSR count). The van der Waals surface area contributed by atoms with Crippen molar-refractivity contribution in [2.45, 2.75) is 414 Å². The van der Waals surface area contributed by atoms with E-state index < -0.39 is 97.5 Å². The molecule has 0 radical (unpaired) electrons. The number of esters is 4. The fourth-order valence-corrected chi connectivity index (χ4v) is 13.3. The van der Waals surface area contributed by atoms with Crippen molar-refractivity contribution in [3.63, 3.8) is 0 Å². The van der Waals surface area contributed by atoms with E-state index in [1.54, 1.807) is 0 Å². The number of rotatable bonds is 75. The van der Waals surface area contributed by atoms with Crippen LogP contribution in [0.1, 0.15) is 395 Å². The molecule has 0 spiro atoms. The highest BCUT2D eigenvalue weighted by Crippen LogP contribution is 2.45. The third kappa shape index (κ3) is 67.9. The van der Waals surface area contributed by atoms with Crippen LogP contribution in [0.15, 0.2) is 0 Å². The van der Waals surface area contributed by atoms with Crippen molar-refractivity contribution in [2.24, 2.45) is 17.8 Å². The van der Waals surface area contributed by atoms with Crippen LogP contribution in [0.4, 0.5) is 0 Å². The SMILES string of the molecule is CCCCCCCC(=O)OC[C@H](COP(=O)(O)OC[C@H](O)COP(=O)(O)OC[C@@H](COC(=O)CCCCCCCCCCCCCCCCC(C)CC)OC(=O)CCCCCCCCCCCCCCCCCCCCC(C)C)OC(=O)CCCCCCCCCCC(C)CC. The van der Waals surface area contributed by atoms with Gasteiger partial charge in [-0.3, -0.25) is 37.3 Å². The van der Waals surface area contributed by atoms with Crippen molar-refractivity contribution >= 4 is 39.5 Å². The van der Waals surface area contributed by atoms with E-state index in [0.717, 1.165) is 114 Å². The molecule has 19 heteroatoms. The number of aliphatic hydroxyl groups is 1. The molecule has 3 N–H and O–H groups in total. The molecule has 0 bridgehead atoms. The standard InChI is InChI=1S/C77H150O17P2/c1-8-11-12-41-51-58-74(79)87-64-72(93-77(82)61-54-47-40-34-33-37-44-50-57-70(7)10-3)66-91-95(83,84)89-62-71(78)63-90-96(85,86)92-67-73(65-88-75(80)59-52-45-38-31-27-23-20-19-22-26-30-36-43-49-56-69(6)9-2)94-76(81)60-53-46-39-32-28-24-18-16-14-13-15-17-21-25-29-35-42-48-55-68(4)5/h68-73,78H,8-67H2,1-7H3,(H,83,84)(H,85,86)/t69?,70?,71-,72+,73+/m0/s1. The van der Waals surface area contributed by atoms with Crippen molar-refractivity contribution in [3.8, 4) is 0 Å². The summed E-state index contributed by atoms with van der Waals surface area (Å²) in [7, 11) is -9.90. The van der Waals surface area contributed by atoms with Crippen LogP contribution >= 0.6 is 15.6 Å². The summed E-state index contributed by atoms with van der Waals surface area (Å²) in [5.41, 5.74) is 0. The Morgan fingerprint density at radius 2 is 0.531 bits per heavy atom. The van der Waals surface area contributed by atoms with Crippen LogP contribution in [-0.2, 0) is 65.4 Å². The van der Waals surface area contributed by atoms with Crippen molar-refractivity contribution < 1.29 is 80.2 Å². The van der Waals surface area contributed by atoms with Gasteiger partial charge < -0.3 is 33.8 Å². The van der Waals surface area contributed by atoms with Crippen LogP contribution in [0.5, 0.6) is 0 Å². The van der Waals surface area contributed by atoms with Gasteiger partial charge in [0.15, 0.2) is 12.2 Å². The number of ether oxygens (including phenoxy) is 4. The summed E-state index contributed by atoms with van der Waals surface area (Å²) >= 11 is 0. The molecule has 96 heavy (non-hydrogen) atoms. The van der Waals surface area contributed by atoms with Gasteiger partial charge in [0.25, 0.3) is 0 Å². The highest BCUT2D eigenvalue weighted by atomic mass is 31.2. The second-order valence-corrected chi connectivity index (χ2v) is 31.6. The van der Waals surface area contributed by atoms with Gasteiger partial charge in [-0.15, -0.1) is 0 Å². The van der Waals surface area contributed by atoms with Gasteiger partial charge in [0, 0.05) is 25.7 Å². The molecule has 0 heterocycles. The number of hydrogen-bond acceptors (Lipinski definition) is 15. The Bertz CT molecular complexity index is 1870. The molecule has 0 aromatic carbocycles. The van der Waals surface area contributed by atoms with Crippen molar-refractivity contribution in [3.05, 3.63) is 0 Å². The molecule has 0 saturated heterocycles. The number of carbonyl (C=O) groups excluding carboxylic acids is 4. The Hall–Kier alpha value is -1.94. The second-order valence-electron chi connectivity index (χ2n) is 28.7. The van der Waals surface area contributed by atoms with Gasteiger partial charge in [0.05, 0.1) is 26.4 Å². The molecule has 0 fully saturated rings. The van der Waals surface area contributed by atoms with Crippen LogP contribution in [0.25, 0.3) is 0 Å². The van der Waals surface area contributed by atoms with Gasteiger partial charge in [-0.05, 0) is 43.4 Å². The van der Waals surface area contributed by atoms with E-state index in [0.29, 0.717) is 25.7 Å². The first-order valence-electron chi connectivity index (χ1n) is 39.9. The molecule has 7 atom stereocenters. The summed E-state index contributed by atoms with van der Waals surface area (Å²) in [5.74, 6) is 0.311. The van der Waals surface area contributed by atoms with Crippen LogP contribution < -0.4 is 0 Å². The molecule has 4 unspecified atom stereocenters. The number of phosphoric acid groups is 2. The summed E-state index contributed by atoms with van der Waals surface area (Å²) in [6.07, 6.45) is 54.5. The summed E-state index contributed by atoms with van der Waals surface area (Å²) in [5, 5.41) is 10.6. The van der Waals surface area contributed by atoms with Crippen LogP contribution in [0, 0.1) is 17.8 Å². The topological polar surface area (TPSA) is 237 Å². The lowest BCUT2D eigenvalue weighted by molar-refractivity contribution is -0.161. The highest BCUT2D eigenvalue weighted by molar-refractivity contribution is 7.47. The first kappa shape index (κ1) is 94.1. The Labute approximate surface area is 588 Å². The molecule has 570 valence electrons. The van der Waals surface area contributed by atoms with Crippen LogP contribution in [0.2, 0.25) is 0 Å². The first-order chi connectivity index (χ1) is 46.3. The van der Waals surface area contributed by atoms with Crippen LogP contribution in [0.3, 0.4) is 0 Å². The maximum Gasteiger partial charge on any atom is 0.472 e. The Balaban J connectivity index is 5.13.